The minimum atomic E-state index is 0.682. The van der Waals surface area contributed by atoms with E-state index in [1.54, 1.807) is 0 Å². The van der Waals surface area contributed by atoms with Crippen molar-refractivity contribution in [1.82, 2.24) is 15.1 Å². The van der Waals surface area contributed by atoms with Gasteiger partial charge in [-0.1, -0.05) is 12.8 Å². The van der Waals surface area contributed by atoms with Crippen LogP contribution in [0.25, 0.3) is 0 Å². The van der Waals surface area contributed by atoms with Gasteiger partial charge in [-0.05, 0) is 26.2 Å². The van der Waals surface area contributed by atoms with Crippen molar-refractivity contribution in [1.29, 1.82) is 0 Å². The highest BCUT2D eigenvalue weighted by atomic mass is 16.5. The molecular weight excluding hydrogens is 250 g/mol. The summed E-state index contributed by atoms with van der Waals surface area (Å²) in [5.74, 6) is 0. The van der Waals surface area contributed by atoms with Crippen LogP contribution in [0.15, 0.2) is 0 Å². The number of likely N-dealkylation sites (tertiary alicyclic amines) is 1. The number of ether oxygens (including phenoxy) is 1. The maximum atomic E-state index is 5.46. The van der Waals surface area contributed by atoms with E-state index in [0.717, 1.165) is 38.4 Å². The quantitative estimate of drug-likeness (QED) is 0.822. The van der Waals surface area contributed by atoms with Crippen LogP contribution in [0, 0.1) is 0 Å². The van der Waals surface area contributed by atoms with Crippen LogP contribution in [0.2, 0.25) is 0 Å². The van der Waals surface area contributed by atoms with Crippen molar-refractivity contribution in [2.75, 3.05) is 45.9 Å². The lowest BCUT2D eigenvalue weighted by Gasteiger charge is -2.33. The molecule has 2 heterocycles. The zero-order valence-corrected chi connectivity index (χ0v) is 13.0. The second-order valence-corrected chi connectivity index (χ2v) is 6.82. The van der Waals surface area contributed by atoms with E-state index in [0.29, 0.717) is 6.04 Å². The van der Waals surface area contributed by atoms with Gasteiger partial charge in [-0.25, -0.2) is 0 Å². The van der Waals surface area contributed by atoms with Crippen molar-refractivity contribution in [3.63, 3.8) is 0 Å². The molecular formula is C16H31N3O. The Morgan fingerprint density at radius 2 is 1.85 bits per heavy atom. The van der Waals surface area contributed by atoms with Crippen molar-refractivity contribution in [2.45, 2.75) is 57.2 Å². The molecule has 3 aliphatic rings. The molecule has 20 heavy (non-hydrogen) atoms. The average Bonchev–Trinajstić information content (AvgIpc) is 3.17. The number of hydrogen-bond donors (Lipinski definition) is 1. The smallest absolute Gasteiger partial charge is 0.0594 e. The lowest BCUT2D eigenvalue weighted by atomic mass is 10.2. The zero-order valence-electron chi connectivity index (χ0n) is 13.0. The Hall–Kier alpha value is -0.160. The Balaban J connectivity index is 1.39. The lowest BCUT2D eigenvalue weighted by Crippen LogP contribution is -2.47. The number of nitrogens with zero attached hydrogens (tertiary/aromatic N) is 2. The summed E-state index contributed by atoms with van der Waals surface area (Å²) in [6, 6.07) is 2.25. The van der Waals surface area contributed by atoms with Crippen molar-refractivity contribution < 1.29 is 4.74 Å². The standard InChI is InChI=1S/C16H31N3O/c1-14(12-17-15-4-2-3-5-15)19-7-6-16(13-19)18-8-10-20-11-9-18/h14-17H,2-13H2,1H3. The molecule has 116 valence electrons. The second kappa shape index (κ2) is 7.21. The normalized spacial score (nSPS) is 31.9. The van der Waals surface area contributed by atoms with Gasteiger partial charge in [0.15, 0.2) is 0 Å². The first-order valence-electron chi connectivity index (χ1n) is 8.62. The zero-order chi connectivity index (χ0) is 13.8. The number of rotatable bonds is 5. The third kappa shape index (κ3) is 3.73. The second-order valence-electron chi connectivity index (χ2n) is 6.82. The molecule has 3 fully saturated rings. The van der Waals surface area contributed by atoms with E-state index in [2.05, 4.69) is 22.0 Å². The van der Waals surface area contributed by atoms with Crippen LogP contribution >= 0.6 is 0 Å². The van der Waals surface area contributed by atoms with Crippen LogP contribution in [-0.2, 0) is 4.74 Å². The van der Waals surface area contributed by atoms with Crippen molar-refractivity contribution in [3.05, 3.63) is 0 Å². The van der Waals surface area contributed by atoms with Gasteiger partial charge in [0.1, 0.15) is 0 Å². The highest BCUT2D eigenvalue weighted by Crippen LogP contribution is 2.20. The summed E-state index contributed by atoms with van der Waals surface area (Å²) in [5, 5.41) is 3.78. The fourth-order valence-electron chi connectivity index (χ4n) is 4.01. The Morgan fingerprint density at radius 1 is 1.10 bits per heavy atom. The molecule has 0 aromatic rings. The molecule has 3 rings (SSSR count). The van der Waals surface area contributed by atoms with Crippen LogP contribution in [0.4, 0.5) is 0 Å². The van der Waals surface area contributed by atoms with E-state index in [1.165, 1.54) is 51.7 Å². The SMILES string of the molecule is CC(CNC1CCCC1)N1CCC(N2CCOCC2)C1. The molecule has 0 spiro atoms. The van der Waals surface area contributed by atoms with E-state index in [1.807, 2.05) is 0 Å². The van der Waals surface area contributed by atoms with Gasteiger partial charge in [-0.3, -0.25) is 9.80 Å². The molecule has 2 unspecified atom stereocenters. The van der Waals surface area contributed by atoms with Gasteiger partial charge in [0.05, 0.1) is 13.2 Å². The Labute approximate surface area is 123 Å². The fourth-order valence-corrected chi connectivity index (χ4v) is 4.01. The third-order valence-electron chi connectivity index (χ3n) is 5.44. The predicted octanol–water partition coefficient (Wildman–Crippen LogP) is 1.31. The van der Waals surface area contributed by atoms with E-state index < -0.39 is 0 Å². The van der Waals surface area contributed by atoms with E-state index in [4.69, 9.17) is 4.74 Å². The number of nitrogens with one attached hydrogen (secondary N) is 1. The number of hydrogen-bond acceptors (Lipinski definition) is 4. The van der Waals surface area contributed by atoms with Gasteiger partial charge in [0.2, 0.25) is 0 Å². The van der Waals surface area contributed by atoms with Crippen molar-refractivity contribution in [3.8, 4) is 0 Å². The summed E-state index contributed by atoms with van der Waals surface area (Å²) in [5.41, 5.74) is 0. The molecule has 0 radical (unpaired) electrons. The highest BCUT2D eigenvalue weighted by molar-refractivity contribution is 4.88. The molecule has 2 atom stereocenters. The van der Waals surface area contributed by atoms with Crippen molar-refractivity contribution in [2.24, 2.45) is 0 Å². The fraction of sp³-hybridized carbons (Fsp3) is 1.00. The van der Waals surface area contributed by atoms with E-state index >= 15 is 0 Å². The van der Waals surface area contributed by atoms with Gasteiger partial charge in [0, 0.05) is 50.8 Å². The first-order chi connectivity index (χ1) is 9.83. The van der Waals surface area contributed by atoms with Crippen LogP contribution in [0.1, 0.15) is 39.0 Å². The molecule has 4 heteroatoms. The van der Waals surface area contributed by atoms with Gasteiger partial charge in [-0.15, -0.1) is 0 Å². The molecule has 1 aliphatic carbocycles. The van der Waals surface area contributed by atoms with Crippen LogP contribution in [-0.4, -0.2) is 73.9 Å². The van der Waals surface area contributed by atoms with Gasteiger partial charge < -0.3 is 10.1 Å². The molecule has 0 amide bonds. The van der Waals surface area contributed by atoms with Gasteiger partial charge in [-0.2, -0.15) is 0 Å². The van der Waals surface area contributed by atoms with Gasteiger partial charge in [0.25, 0.3) is 0 Å². The summed E-state index contributed by atoms with van der Waals surface area (Å²) in [4.78, 5) is 5.32. The molecule has 0 bridgehead atoms. The lowest BCUT2D eigenvalue weighted by molar-refractivity contribution is 0.0177. The molecule has 1 N–H and O–H groups in total. The Bertz CT molecular complexity index is 287. The monoisotopic (exact) mass is 281 g/mol. The molecule has 0 aromatic carbocycles. The Kier molecular flexibility index (Phi) is 5.32. The maximum absolute atomic E-state index is 5.46. The van der Waals surface area contributed by atoms with Gasteiger partial charge >= 0.3 is 0 Å². The summed E-state index contributed by atoms with van der Waals surface area (Å²) < 4.78 is 5.46. The minimum absolute atomic E-state index is 0.682. The number of morpholine rings is 1. The predicted molar refractivity (Wildman–Crippen MR) is 82.1 cm³/mol. The molecule has 0 aromatic heterocycles. The average molecular weight is 281 g/mol. The van der Waals surface area contributed by atoms with E-state index in [-0.39, 0.29) is 0 Å². The topological polar surface area (TPSA) is 27.7 Å². The van der Waals surface area contributed by atoms with E-state index in [9.17, 15) is 0 Å². The van der Waals surface area contributed by atoms with Crippen LogP contribution < -0.4 is 5.32 Å². The molecule has 1 saturated carbocycles. The first-order valence-corrected chi connectivity index (χ1v) is 8.62. The highest BCUT2D eigenvalue weighted by Gasteiger charge is 2.31. The van der Waals surface area contributed by atoms with Crippen molar-refractivity contribution >= 4 is 0 Å². The third-order valence-corrected chi connectivity index (χ3v) is 5.44. The van der Waals surface area contributed by atoms with Crippen LogP contribution in [0.5, 0.6) is 0 Å². The maximum Gasteiger partial charge on any atom is 0.0594 e. The summed E-state index contributed by atoms with van der Waals surface area (Å²) in [7, 11) is 0. The Morgan fingerprint density at radius 3 is 2.60 bits per heavy atom. The summed E-state index contributed by atoms with van der Waals surface area (Å²) >= 11 is 0. The molecule has 2 saturated heterocycles. The molecule has 4 nitrogen and oxygen atoms in total. The minimum Gasteiger partial charge on any atom is -0.379 e. The first kappa shape index (κ1) is 14.8. The molecule has 2 aliphatic heterocycles. The summed E-state index contributed by atoms with van der Waals surface area (Å²) in [6.45, 7) is 10.2. The summed E-state index contributed by atoms with van der Waals surface area (Å²) in [6.07, 6.45) is 6.98. The largest absolute Gasteiger partial charge is 0.379 e. The van der Waals surface area contributed by atoms with Crippen LogP contribution in [0.3, 0.4) is 0 Å².